The predicted octanol–water partition coefficient (Wildman–Crippen LogP) is 3.68. The zero-order valence-corrected chi connectivity index (χ0v) is 12.8. The highest BCUT2D eigenvalue weighted by molar-refractivity contribution is 5.38. The van der Waals surface area contributed by atoms with Crippen LogP contribution < -0.4 is 9.47 Å². The SMILES string of the molecule is COc1ccc(CCOc2cc(C)ccc2[C@@H](C)O)cc1. The first-order chi connectivity index (χ1) is 10.1. The molecule has 3 nitrogen and oxygen atoms in total. The van der Waals surface area contributed by atoms with Crippen LogP contribution in [0.1, 0.15) is 29.7 Å². The zero-order valence-electron chi connectivity index (χ0n) is 12.8. The molecule has 0 radical (unpaired) electrons. The van der Waals surface area contributed by atoms with Gasteiger partial charge in [-0.05, 0) is 43.2 Å². The van der Waals surface area contributed by atoms with Crippen LogP contribution in [0.5, 0.6) is 11.5 Å². The average Bonchev–Trinajstić information content (AvgIpc) is 2.48. The van der Waals surface area contributed by atoms with Gasteiger partial charge in [-0.2, -0.15) is 0 Å². The van der Waals surface area contributed by atoms with Gasteiger partial charge in [0.1, 0.15) is 11.5 Å². The van der Waals surface area contributed by atoms with Crippen molar-refractivity contribution in [3.8, 4) is 11.5 Å². The molecule has 0 aliphatic heterocycles. The second kappa shape index (κ2) is 7.14. The minimum Gasteiger partial charge on any atom is -0.497 e. The molecular formula is C18H22O3. The van der Waals surface area contributed by atoms with Crippen LogP contribution in [0.3, 0.4) is 0 Å². The molecule has 1 N–H and O–H groups in total. The third-order valence-corrected chi connectivity index (χ3v) is 3.43. The van der Waals surface area contributed by atoms with E-state index in [9.17, 15) is 5.11 Å². The molecule has 0 aromatic heterocycles. The largest absolute Gasteiger partial charge is 0.497 e. The Bertz CT molecular complexity index is 574. The van der Waals surface area contributed by atoms with Crippen LogP contribution >= 0.6 is 0 Å². The van der Waals surface area contributed by atoms with Crippen molar-refractivity contribution >= 4 is 0 Å². The average molecular weight is 286 g/mol. The number of hydrogen-bond acceptors (Lipinski definition) is 3. The standard InChI is InChI=1S/C18H22O3/c1-13-4-9-17(14(2)19)18(12-13)21-11-10-15-5-7-16(20-3)8-6-15/h4-9,12,14,19H,10-11H2,1-3H3/t14-/m1/s1. The van der Waals surface area contributed by atoms with E-state index < -0.39 is 6.10 Å². The van der Waals surface area contributed by atoms with Gasteiger partial charge in [-0.3, -0.25) is 0 Å². The first-order valence-corrected chi connectivity index (χ1v) is 7.14. The number of hydrogen-bond donors (Lipinski definition) is 1. The van der Waals surface area contributed by atoms with Crippen LogP contribution in [0, 0.1) is 6.92 Å². The number of aliphatic hydroxyl groups is 1. The molecule has 0 unspecified atom stereocenters. The molecule has 0 amide bonds. The first kappa shape index (κ1) is 15.4. The molecule has 2 rings (SSSR count). The van der Waals surface area contributed by atoms with Crippen molar-refractivity contribution in [1.82, 2.24) is 0 Å². The van der Waals surface area contributed by atoms with Gasteiger partial charge < -0.3 is 14.6 Å². The monoisotopic (exact) mass is 286 g/mol. The number of aryl methyl sites for hydroxylation is 1. The van der Waals surface area contributed by atoms with Gasteiger partial charge in [-0.1, -0.05) is 24.3 Å². The molecule has 21 heavy (non-hydrogen) atoms. The van der Waals surface area contributed by atoms with Gasteiger partial charge in [0.15, 0.2) is 0 Å². The molecule has 0 saturated heterocycles. The predicted molar refractivity (Wildman–Crippen MR) is 84.0 cm³/mol. The van der Waals surface area contributed by atoms with Crippen LogP contribution in [0.2, 0.25) is 0 Å². The van der Waals surface area contributed by atoms with E-state index >= 15 is 0 Å². The zero-order chi connectivity index (χ0) is 15.2. The third kappa shape index (κ3) is 4.23. The smallest absolute Gasteiger partial charge is 0.125 e. The molecule has 2 aromatic rings. The summed E-state index contributed by atoms with van der Waals surface area (Å²) >= 11 is 0. The molecule has 3 heteroatoms. The lowest BCUT2D eigenvalue weighted by atomic mass is 10.1. The lowest BCUT2D eigenvalue weighted by Gasteiger charge is -2.14. The van der Waals surface area contributed by atoms with E-state index in [1.165, 1.54) is 5.56 Å². The van der Waals surface area contributed by atoms with Crippen molar-refractivity contribution < 1.29 is 14.6 Å². The van der Waals surface area contributed by atoms with E-state index in [1.54, 1.807) is 14.0 Å². The third-order valence-electron chi connectivity index (χ3n) is 3.43. The minimum absolute atomic E-state index is 0.526. The maximum Gasteiger partial charge on any atom is 0.125 e. The van der Waals surface area contributed by atoms with Gasteiger partial charge in [0.05, 0.1) is 19.8 Å². The highest BCUT2D eigenvalue weighted by Gasteiger charge is 2.09. The van der Waals surface area contributed by atoms with Crippen molar-refractivity contribution in [2.75, 3.05) is 13.7 Å². The number of methoxy groups -OCH3 is 1. The molecular weight excluding hydrogens is 264 g/mol. The van der Waals surface area contributed by atoms with E-state index in [2.05, 4.69) is 0 Å². The normalized spacial score (nSPS) is 12.0. The van der Waals surface area contributed by atoms with Crippen LogP contribution in [0.4, 0.5) is 0 Å². The Labute approximate surface area is 126 Å². The summed E-state index contributed by atoms with van der Waals surface area (Å²) in [6.45, 7) is 4.35. The number of ether oxygens (including phenoxy) is 2. The van der Waals surface area contributed by atoms with Gasteiger partial charge in [0.25, 0.3) is 0 Å². The Morgan fingerprint density at radius 3 is 2.43 bits per heavy atom. The molecule has 0 saturated carbocycles. The van der Waals surface area contributed by atoms with Gasteiger partial charge in [0, 0.05) is 12.0 Å². The van der Waals surface area contributed by atoms with Gasteiger partial charge in [-0.25, -0.2) is 0 Å². The number of aliphatic hydroxyl groups excluding tert-OH is 1. The van der Waals surface area contributed by atoms with Crippen LogP contribution in [-0.2, 0) is 6.42 Å². The topological polar surface area (TPSA) is 38.7 Å². The first-order valence-electron chi connectivity index (χ1n) is 7.14. The second-order valence-corrected chi connectivity index (χ2v) is 5.16. The molecule has 1 atom stereocenters. The summed E-state index contributed by atoms with van der Waals surface area (Å²) in [5, 5.41) is 9.78. The molecule has 0 fully saturated rings. The maximum atomic E-state index is 9.78. The van der Waals surface area contributed by atoms with Crippen LogP contribution in [0.15, 0.2) is 42.5 Å². The molecule has 0 heterocycles. The Morgan fingerprint density at radius 2 is 1.81 bits per heavy atom. The van der Waals surface area contributed by atoms with Gasteiger partial charge in [0.2, 0.25) is 0 Å². The lowest BCUT2D eigenvalue weighted by Crippen LogP contribution is -2.05. The van der Waals surface area contributed by atoms with Crippen molar-refractivity contribution in [2.24, 2.45) is 0 Å². The lowest BCUT2D eigenvalue weighted by molar-refractivity contribution is 0.191. The quantitative estimate of drug-likeness (QED) is 0.880. The highest BCUT2D eigenvalue weighted by atomic mass is 16.5. The fourth-order valence-electron chi connectivity index (χ4n) is 2.18. The molecule has 0 aliphatic rings. The Balaban J connectivity index is 1.97. The van der Waals surface area contributed by atoms with Crippen LogP contribution in [0.25, 0.3) is 0 Å². The molecule has 0 bridgehead atoms. The van der Waals surface area contributed by atoms with Gasteiger partial charge >= 0.3 is 0 Å². The highest BCUT2D eigenvalue weighted by Crippen LogP contribution is 2.26. The number of rotatable bonds is 6. The second-order valence-electron chi connectivity index (χ2n) is 5.16. The summed E-state index contributed by atoms with van der Waals surface area (Å²) in [7, 11) is 1.66. The van der Waals surface area contributed by atoms with Crippen molar-refractivity contribution in [2.45, 2.75) is 26.4 Å². The number of benzene rings is 2. The van der Waals surface area contributed by atoms with E-state index in [1.807, 2.05) is 49.4 Å². The molecule has 2 aromatic carbocycles. The molecule has 0 aliphatic carbocycles. The van der Waals surface area contributed by atoms with E-state index in [4.69, 9.17) is 9.47 Å². The fourth-order valence-corrected chi connectivity index (χ4v) is 2.18. The fraction of sp³-hybridized carbons (Fsp3) is 0.333. The van der Waals surface area contributed by atoms with Crippen molar-refractivity contribution in [3.05, 3.63) is 59.2 Å². The van der Waals surface area contributed by atoms with Crippen molar-refractivity contribution in [1.29, 1.82) is 0 Å². The van der Waals surface area contributed by atoms with E-state index in [0.717, 1.165) is 29.0 Å². The summed E-state index contributed by atoms with van der Waals surface area (Å²) in [6, 6.07) is 13.8. The summed E-state index contributed by atoms with van der Waals surface area (Å²) in [5.41, 5.74) is 3.15. The van der Waals surface area contributed by atoms with E-state index in [-0.39, 0.29) is 0 Å². The maximum absolute atomic E-state index is 9.78. The van der Waals surface area contributed by atoms with Crippen molar-refractivity contribution in [3.63, 3.8) is 0 Å². The summed E-state index contributed by atoms with van der Waals surface area (Å²) in [5.74, 6) is 1.62. The summed E-state index contributed by atoms with van der Waals surface area (Å²) in [4.78, 5) is 0. The summed E-state index contributed by atoms with van der Waals surface area (Å²) in [6.07, 6.45) is 0.290. The summed E-state index contributed by atoms with van der Waals surface area (Å²) < 4.78 is 11.0. The van der Waals surface area contributed by atoms with Gasteiger partial charge in [-0.15, -0.1) is 0 Å². The Hall–Kier alpha value is -2.00. The Morgan fingerprint density at radius 1 is 1.10 bits per heavy atom. The Kier molecular flexibility index (Phi) is 5.23. The van der Waals surface area contributed by atoms with E-state index in [0.29, 0.717) is 6.61 Å². The molecule has 0 spiro atoms. The molecule has 112 valence electrons. The van der Waals surface area contributed by atoms with Crippen LogP contribution in [-0.4, -0.2) is 18.8 Å². The minimum atomic E-state index is -0.526.